The van der Waals surface area contributed by atoms with Crippen LogP contribution in [0.25, 0.3) is 0 Å². The van der Waals surface area contributed by atoms with E-state index in [2.05, 4.69) is 0 Å². The highest BCUT2D eigenvalue weighted by molar-refractivity contribution is 6.30. The average Bonchev–Trinajstić information content (AvgIpc) is 2.90. The Labute approximate surface area is 79.3 Å². The first kappa shape index (κ1) is 8.91. The van der Waals surface area contributed by atoms with Crippen molar-refractivity contribution >= 4 is 11.6 Å². The van der Waals surface area contributed by atoms with Crippen molar-refractivity contribution in [2.45, 2.75) is 12.5 Å². The van der Waals surface area contributed by atoms with Gasteiger partial charge in [0.15, 0.2) is 11.6 Å². The van der Waals surface area contributed by atoms with E-state index in [0.717, 1.165) is 0 Å². The molecule has 0 spiro atoms. The van der Waals surface area contributed by atoms with Crippen LogP contribution in [0.2, 0.25) is 5.02 Å². The molecule has 1 aromatic carbocycles. The van der Waals surface area contributed by atoms with E-state index in [9.17, 15) is 8.78 Å². The molecule has 0 aromatic heterocycles. The molecule has 1 aliphatic heterocycles. The van der Waals surface area contributed by atoms with E-state index < -0.39 is 11.6 Å². The molecule has 1 fully saturated rings. The lowest BCUT2D eigenvalue weighted by molar-refractivity contribution is 0.402. The smallest absolute Gasteiger partial charge is 0.177 e. The Morgan fingerprint density at radius 3 is 2.69 bits per heavy atom. The molecule has 1 heterocycles. The van der Waals surface area contributed by atoms with Crippen LogP contribution in [0.3, 0.4) is 0 Å². The Kier molecular flexibility index (Phi) is 2.22. The van der Waals surface area contributed by atoms with Crippen LogP contribution in [-0.4, -0.2) is 12.7 Å². The van der Waals surface area contributed by atoms with Crippen molar-refractivity contribution in [2.24, 2.45) is 0 Å². The zero-order valence-electron chi connectivity index (χ0n) is 6.69. The van der Waals surface area contributed by atoms with Gasteiger partial charge in [0.05, 0.1) is 17.7 Å². The summed E-state index contributed by atoms with van der Waals surface area (Å²) in [7, 11) is 0. The monoisotopic (exact) mass is 204 g/mol. The van der Waals surface area contributed by atoms with Crippen molar-refractivity contribution in [1.82, 2.24) is 0 Å². The summed E-state index contributed by atoms with van der Waals surface area (Å²) in [6.07, 6.45) is 0.468. The fourth-order valence-corrected chi connectivity index (χ4v) is 1.30. The van der Waals surface area contributed by atoms with E-state index in [-0.39, 0.29) is 11.1 Å². The largest absolute Gasteiger partial charge is 0.373 e. The van der Waals surface area contributed by atoms with Gasteiger partial charge in [0.25, 0.3) is 0 Å². The first-order chi connectivity index (χ1) is 6.18. The zero-order valence-corrected chi connectivity index (χ0v) is 7.44. The van der Waals surface area contributed by atoms with Gasteiger partial charge in [0.2, 0.25) is 0 Å². The van der Waals surface area contributed by atoms with Gasteiger partial charge in [0, 0.05) is 6.42 Å². The van der Waals surface area contributed by atoms with Crippen LogP contribution in [0.5, 0.6) is 0 Å². The minimum absolute atomic E-state index is 0.0510. The molecule has 1 saturated heterocycles. The van der Waals surface area contributed by atoms with Gasteiger partial charge >= 0.3 is 0 Å². The molecule has 0 N–H and O–H groups in total. The number of rotatable bonds is 2. The molecule has 1 aliphatic rings. The van der Waals surface area contributed by atoms with Gasteiger partial charge in [-0.25, -0.2) is 8.78 Å². The fraction of sp³-hybridized carbons (Fsp3) is 0.333. The molecule has 1 atom stereocenters. The predicted octanol–water partition coefficient (Wildman–Crippen LogP) is 2.56. The number of ether oxygens (including phenoxy) is 1. The van der Waals surface area contributed by atoms with Crippen molar-refractivity contribution in [3.8, 4) is 0 Å². The maximum atomic E-state index is 13.1. The molecule has 4 heteroatoms. The van der Waals surface area contributed by atoms with Gasteiger partial charge in [-0.3, -0.25) is 0 Å². The second-order valence-electron chi connectivity index (χ2n) is 2.99. The van der Waals surface area contributed by atoms with Crippen LogP contribution in [0.1, 0.15) is 5.56 Å². The van der Waals surface area contributed by atoms with Crippen LogP contribution in [0.4, 0.5) is 8.78 Å². The first-order valence-corrected chi connectivity index (χ1v) is 4.30. The maximum Gasteiger partial charge on any atom is 0.177 e. The minimum Gasteiger partial charge on any atom is -0.373 e. The van der Waals surface area contributed by atoms with E-state index in [4.69, 9.17) is 16.3 Å². The summed E-state index contributed by atoms with van der Waals surface area (Å²) in [5, 5.41) is -0.182. The quantitative estimate of drug-likeness (QED) is 0.533. The Bertz CT molecular complexity index is 337. The van der Waals surface area contributed by atoms with E-state index in [1.165, 1.54) is 12.1 Å². The van der Waals surface area contributed by atoms with Crippen molar-refractivity contribution in [3.05, 3.63) is 34.4 Å². The predicted molar refractivity (Wildman–Crippen MR) is 44.8 cm³/mol. The number of epoxide rings is 1. The molecule has 70 valence electrons. The molecule has 0 bridgehead atoms. The van der Waals surface area contributed by atoms with Crippen LogP contribution in [0.15, 0.2) is 12.1 Å². The van der Waals surface area contributed by atoms with Crippen LogP contribution < -0.4 is 0 Å². The SMILES string of the molecule is Fc1c(Cl)ccc(CC2CO2)c1F. The van der Waals surface area contributed by atoms with Gasteiger partial charge in [-0.1, -0.05) is 17.7 Å². The minimum atomic E-state index is -0.972. The second-order valence-corrected chi connectivity index (χ2v) is 3.40. The summed E-state index contributed by atoms with van der Waals surface area (Å²) in [6.45, 7) is 0.629. The van der Waals surface area contributed by atoms with Crippen LogP contribution >= 0.6 is 11.6 Å². The maximum absolute atomic E-state index is 13.1. The van der Waals surface area contributed by atoms with Gasteiger partial charge in [0.1, 0.15) is 0 Å². The third-order valence-electron chi connectivity index (χ3n) is 1.97. The van der Waals surface area contributed by atoms with Crippen LogP contribution in [-0.2, 0) is 11.2 Å². The van der Waals surface area contributed by atoms with Crippen molar-refractivity contribution in [2.75, 3.05) is 6.61 Å². The molecule has 1 unspecified atom stereocenters. The summed E-state index contributed by atoms with van der Waals surface area (Å²) in [4.78, 5) is 0. The van der Waals surface area contributed by atoms with Crippen molar-refractivity contribution < 1.29 is 13.5 Å². The van der Waals surface area contributed by atoms with E-state index in [1.54, 1.807) is 0 Å². The summed E-state index contributed by atoms with van der Waals surface area (Å²) < 4.78 is 31.0. The Balaban J connectivity index is 2.29. The molecule has 2 rings (SSSR count). The molecule has 0 amide bonds. The van der Waals surface area contributed by atoms with Gasteiger partial charge in [-0.15, -0.1) is 0 Å². The summed E-state index contributed by atoms with van der Waals surface area (Å²) >= 11 is 5.39. The molecule has 13 heavy (non-hydrogen) atoms. The lowest BCUT2D eigenvalue weighted by atomic mass is 10.1. The highest BCUT2D eigenvalue weighted by atomic mass is 35.5. The molecular weight excluding hydrogens is 198 g/mol. The zero-order chi connectivity index (χ0) is 9.42. The number of hydrogen-bond acceptors (Lipinski definition) is 1. The topological polar surface area (TPSA) is 12.5 Å². The normalized spacial score (nSPS) is 20.4. The standard InChI is InChI=1S/C9H7ClF2O/c10-7-2-1-5(3-6-4-13-6)8(11)9(7)12/h1-2,6H,3-4H2. The van der Waals surface area contributed by atoms with Crippen molar-refractivity contribution in [1.29, 1.82) is 0 Å². The van der Waals surface area contributed by atoms with E-state index in [0.29, 0.717) is 18.6 Å². The Hall–Kier alpha value is -0.670. The first-order valence-electron chi connectivity index (χ1n) is 3.92. The lowest BCUT2D eigenvalue weighted by Gasteiger charge is -2.02. The molecular formula is C9H7ClF2O. The number of hydrogen-bond donors (Lipinski definition) is 0. The van der Waals surface area contributed by atoms with Gasteiger partial charge in [-0.2, -0.15) is 0 Å². The second kappa shape index (κ2) is 3.24. The average molecular weight is 205 g/mol. The summed E-state index contributed by atoms with van der Waals surface area (Å²) in [5.74, 6) is -1.83. The fourth-order valence-electron chi connectivity index (χ4n) is 1.15. The molecule has 0 radical (unpaired) electrons. The third kappa shape index (κ3) is 1.81. The summed E-state index contributed by atoms with van der Waals surface area (Å²) in [5.41, 5.74) is 0.324. The van der Waals surface area contributed by atoms with E-state index in [1.807, 2.05) is 0 Å². The lowest BCUT2D eigenvalue weighted by Crippen LogP contribution is -1.99. The molecule has 1 nitrogen and oxygen atoms in total. The van der Waals surface area contributed by atoms with E-state index >= 15 is 0 Å². The Morgan fingerprint density at radius 1 is 1.38 bits per heavy atom. The Morgan fingerprint density at radius 2 is 2.08 bits per heavy atom. The molecule has 0 saturated carbocycles. The highest BCUT2D eigenvalue weighted by Crippen LogP contribution is 2.24. The number of halogens is 3. The van der Waals surface area contributed by atoms with Gasteiger partial charge < -0.3 is 4.74 Å². The number of benzene rings is 1. The third-order valence-corrected chi connectivity index (χ3v) is 2.26. The van der Waals surface area contributed by atoms with Crippen molar-refractivity contribution in [3.63, 3.8) is 0 Å². The molecule has 1 aromatic rings. The summed E-state index contributed by atoms with van der Waals surface area (Å²) in [6, 6.07) is 2.85. The highest BCUT2D eigenvalue weighted by Gasteiger charge is 2.25. The molecule has 0 aliphatic carbocycles. The van der Waals surface area contributed by atoms with Crippen LogP contribution in [0, 0.1) is 11.6 Å². The van der Waals surface area contributed by atoms with Gasteiger partial charge in [-0.05, 0) is 11.6 Å².